The Hall–Kier alpha value is -1.78. The van der Waals surface area contributed by atoms with Crippen LogP contribution < -0.4 is 0 Å². The Bertz CT molecular complexity index is 513. The van der Waals surface area contributed by atoms with Gasteiger partial charge in [-0.1, -0.05) is 12.1 Å². The molecule has 0 radical (unpaired) electrons. The highest BCUT2D eigenvalue weighted by Crippen LogP contribution is 2.34. The third kappa shape index (κ3) is 1.60. The van der Waals surface area contributed by atoms with Gasteiger partial charge < -0.3 is 4.98 Å². The SMILES string of the molecule is O=Cc1cc2cccc(C(F)(F)F)c2[nH]1. The second kappa shape index (κ2) is 3.12. The Morgan fingerprint density at radius 3 is 2.60 bits per heavy atom. The van der Waals surface area contributed by atoms with Crippen LogP contribution in [-0.4, -0.2) is 11.3 Å². The molecule has 78 valence electrons. The van der Waals surface area contributed by atoms with Crippen molar-refractivity contribution < 1.29 is 18.0 Å². The lowest BCUT2D eigenvalue weighted by Crippen LogP contribution is -2.05. The van der Waals surface area contributed by atoms with E-state index < -0.39 is 11.7 Å². The second-order valence-electron chi connectivity index (χ2n) is 3.11. The number of rotatable bonds is 1. The number of nitrogens with one attached hydrogen (secondary N) is 1. The van der Waals surface area contributed by atoms with Crippen molar-refractivity contribution in [3.05, 3.63) is 35.5 Å². The number of benzene rings is 1. The molecular formula is C10H6F3NO. The normalized spacial score (nSPS) is 11.9. The maximum absolute atomic E-state index is 12.5. The molecule has 0 saturated heterocycles. The maximum Gasteiger partial charge on any atom is 0.418 e. The van der Waals surface area contributed by atoms with Crippen molar-refractivity contribution in [2.24, 2.45) is 0 Å². The molecule has 1 heterocycles. The summed E-state index contributed by atoms with van der Waals surface area (Å²) in [6.45, 7) is 0. The van der Waals surface area contributed by atoms with Gasteiger partial charge in [-0.15, -0.1) is 0 Å². The average molecular weight is 213 g/mol. The van der Waals surface area contributed by atoms with E-state index in [0.717, 1.165) is 6.07 Å². The van der Waals surface area contributed by atoms with Crippen LogP contribution in [0, 0.1) is 0 Å². The first-order valence-electron chi connectivity index (χ1n) is 4.16. The minimum Gasteiger partial charge on any atom is -0.352 e. The van der Waals surface area contributed by atoms with Gasteiger partial charge in [-0.05, 0) is 12.1 Å². The number of alkyl halides is 3. The van der Waals surface area contributed by atoms with E-state index in [1.165, 1.54) is 18.2 Å². The van der Waals surface area contributed by atoms with Crippen LogP contribution in [0.5, 0.6) is 0 Å². The monoisotopic (exact) mass is 213 g/mol. The molecule has 2 nitrogen and oxygen atoms in total. The molecule has 0 amide bonds. The standard InChI is InChI=1S/C10H6F3NO/c11-10(12,13)8-3-1-2-6-4-7(5-15)14-9(6)8/h1-5,14H. The van der Waals surface area contributed by atoms with Crippen LogP contribution in [-0.2, 0) is 6.18 Å². The molecule has 1 aromatic heterocycles. The molecule has 0 spiro atoms. The highest BCUT2D eigenvalue weighted by atomic mass is 19.4. The van der Waals surface area contributed by atoms with E-state index in [-0.39, 0.29) is 11.2 Å². The van der Waals surface area contributed by atoms with Crippen molar-refractivity contribution in [2.75, 3.05) is 0 Å². The fourth-order valence-corrected chi connectivity index (χ4v) is 1.48. The molecule has 15 heavy (non-hydrogen) atoms. The van der Waals surface area contributed by atoms with Crippen molar-refractivity contribution in [1.29, 1.82) is 0 Å². The van der Waals surface area contributed by atoms with Gasteiger partial charge in [0, 0.05) is 5.39 Å². The molecule has 0 fully saturated rings. The lowest BCUT2D eigenvalue weighted by molar-refractivity contribution is -0.136. The maximum atomic E-state index is 12.5. The van der Waals surface area contributed by atoms with Gasteiger partial charge >= 0.3 is 6.18 Å². The molecule has 0 aliphatic heterocycles. The molecule has 0 bridgehead atoms. The van der Waals surface area contributed by atoms with Gasteiger partial charge in [-0.25, -0.2) is 0 Å². The van der Waals surface area contributed by atoms with E-state index in [4.69, 9.17) is 0 Å². The number of aromatic nitrogens is 1. The summed E-state index contributed by atoms with van der Waals surface area (Å²) < 4.78 is 37.6. The number of fused-ring (bicyclic) bond motifs is 1. The summed E-state index contributed by atoms with van der Waals surface area (Å²) in [5, 5.41) is 0.381. The zero-order valence-corrected chi connectivity index (χ0v) is 7.43. The zero-order chi connectivity index (χ0) is 11.1. The van der Waals surface area contributed by atoms with E-state index in [2.05, 4.69) is 4.98 Å². The third-order valence-corrected chi connectivity index (χ3v) is 2.11. The van der Waals surface area contributed by atoms with Crippen LogP contribution >= 0.6 is 0 Å². The van der Waals surface area contributed by atoms with Crippen molar-refractivity contribution in [1.82, 2.24) is 4.98 Å². The summed E-state index contributed by atoms with van der Waals surface area (Å²) >= 11 is 0. The van der Waals surface area contributed by atoms with Gasteiger partial charge in [0.05, 0.1) is 16.8 Å². The molecule has 1 N–H and O–H groups in total. The Labute approximate surface area is 82.7 Å². The molecule has 5 heteroatoms. The molecule has 2 rings (SSSR count). The summed E-state index contributed by atoms with van der Waals surface area (Å²) in [6, 6.07) is 5.20. The van der Waals surface area contributed by atoms with Crippen molar-refractivity contribution >= 4 is 17.2 Å². The van der Waals surface area contributed by atoms with Gasteiger partial charge in [0.2, 0.25) is 0 Å². The van der Waals surface area contributed by atoms with Gasteiger partial charge in [0.15, 0.2) is 6.29 Å². The minimum atomic E-state index is -4.41. The van der Waals surface area contributed by atoms with Crippen LogP contribution in [0.2, 0.25) is 0 Å². The number of para-hydroxylation sites is 1. The number of aldehydes is 1. The number of hydrogen-bond acceptors (Lipinski definition) is 1. The summed E-state index contributed by atoms with van der Waals surface area (Å²) in [4.78, 5) is 12.9. The number of carbonyl (C=O) groups is 1. The second-order valence-corrected chi connectivity index (χ2v) is 3.11. The fourth-order valence-electron chi connectivity index (χ4n) is 1.48. The Balaban J connectivity index is 2.75. The Morgan fingerprint density at radius 2 is 2.00 bits per heavy atom. The number of halogens is 3. The predicted molar refractivity (Wildman–Crippen MR) is 48.7 cm³/mol. The molecule has 0 saturated carbocycles. The molecular weight excluding hydrogens is 207 g/mol. The lowest BCUT2D eigenvalue weighted by Gasteiger charge is -2.06. The molecule has 0 atom stereocenters. The van der Waals surface area contributed by atoms with Gasteiger partial charge in [0.1, 0.15) is 0 Å². The summed E-state index contributed by atoms with van der Waals surface area (Å²) in [6.07, 6.45) is -3.93. The van der Waals surface area contributed by atoms with Crippen LogP contribution in [0.25, 0.3) is 10.9 Å². The Kier molecular flexibility index (Phi) is 2.03. The smallest absolute Gasteiger partial charge is 0.352 e. The summed E-state index contributed by atoms with van der Waals surface area (Å²) in [7, 11) is 0. The first-order valence-corrected chi connectivity index (χ1v) is 4.16. The van der Waals surface area contributed by atoms with Crippen molar-refractivity contribution in [3.8, 4) is 0 Å². The van der Waals surface area contributed by atoms with E-state index in [9.17, 15) is 18.0 Å². The summed E-state index contributed by atoms with van der Waals surface area (Å²) in [5.74, 6) is 0. The van der Waals surface area contributed by atoms with Gasteiger partial charge in [-0.2, -0.15) is 13.2 Å². The molecule has 1 aromatic carbocycles. The first kappa shape index (κ1) is 9.76. The van der Waals surface area contributed by atoms with E-state index in [0.29, 0.717) is 11.7 Å². The zero-order valence-electron chi connectivity index (χ0n) is 7.43. The van der Waals surface area contributed by atoms with Crippen LogP contribution in [0.4, 0.5) is 13.2 Å². The highest BCUT2D eigenvalue weighted by Gasteiger charge is 2.32. The van der Waals surface area contributed by atoms with Gasteiger partial charge in [0.25, 0.3) is 0 Å². The van der Waals surface area contributed by atoms with E-state index in [1.54, 1.807) is 0 Å². The first-order chi connectivity index (χ1) is 7.02. The minimum absolute atomic E-state index is 0.0490. The van der Waals surface area contributed by atoms with Gasteiger partial charge in [-0.3, -0.25) is 4.79 Å². The van der Waals surface area contributed by atoms with Crippen LogP contribution in [0.3, 0.4) is 0 Å². The third-order valence-electron chi connectivity index (χ3n) is 2.11. The highest BCUT2D eigenvalue weighted by molar-refractivity contribution is 5.90. The number of H-pyrrole nitrogens is 1. The average Bonchev–Trinajstić information content (AvgIpc) is 2.57. The molecule has 0 aliphatic carbocycles. The van der Waals surface area contributed by atoms with Crippen LogP contribution in [0.1, 0.15) is 16.1 Å². The predicted octanol–water partition coefficient (Wildman–Crippen LogP) is 3.00. The molecule has 2 aromatic rings. The largest absolute Gasteiger partial charge is 0.418 e. The number of aromatic amines is 1. The quantitative estimate of drug-likeness (QED) is 0.725. The molecule has 0 aliphatic rings. The van der Waals surface area contributed by atoms with Crippen molar-refractivity contribution in [2.45, 2.75) is 6.18 Å². The molecule has 0 unspecified atom stereocenters. The van der Waals surface area contributed by atoms with E-state index in [1.807, 2.05) is 0 Å². The fraction of sp³-hybridized carbons (Fsp3) is 0.100. The number of hydrogen-bond donors (Lipinski definition) is 1. The number of carbonyl (C=O) groups excluding carboxylic acids is 1. The lowest BCUT2D eigenvalue weighted by atomic mass is 10.1. The topological polar surface area (TPSA) is 32.9 Å². The Morgan fingerprint density at radius 1 is 1.27 bits per heavy atom. The van der Waals surface area contributed by atoms with Crippen LogP contribution in [0.15, 0.2) is 24.3 Å². The summed E-state index contributed by atoms with van der Waals surface area (Å²) in [5.41, 5.74) is -0.665. The van der Waals surface area contributed by atoms with E-state index >= 15 is 0 Å². The van der Waals surface area contributed by atoms with Crippen molar-refractivity contribution in [3.63, 3.8) is 0 Å².